The van der Waals surface area contributed by atoms with Crippen LogP contribution in [0.15, 0.2) is 53.4 Å². The molecule has 0 aliphatic carbocycles. The zero-order chi connectivity index (χ0) is 17.2. The molecule has 0 saturated carbocycles. The Bertz CT molecular complexity index is 1000. The van der Waals surface area contributed by atoms with Gasteiger partial charge in [-0.15, -0.1) is 5.10 Å². The second-order valence-electron chi connectivity index (χ2n) is 5.35. The zero-order valence-corrected chi connectivity index (χ0v) is 13.2. The van der Waals surface area contributed by atoms with E-state index in [0.717, 1.165) is 11.3 Å². The van der Waals surface area contributed by atoms with Gasteiger partial charge in [-0.1, -0.05) is 6.07 Å². The maximum Gasteiger partial charge on any atom is 0.276 e. The Morgan fingerprint density at radius 3 is 2.96 bits per heavy atom. The van der Waals surface area contributed by atoms with Gasteiger partial charge in [0.15, 0.2) is 11.5 Å². The molecule has 0 atom stereocenters. The summed E-state index contributed by atoms with van der Waals surface area (Å²) < 4.78 is 6.81. The van der Waals surface area contributed by atoms with Crippen molar-refractivity contribution in [3.63, 3.8) is 0 Å². The summed E-state index contributed by atoms with van der Waals surface area (Å²) in [5, 5.41) is 20.7. The number of carbonyl (C=O) groups is 1. The molecule has 0 bridgehead atoms. The first-order valence-electron chi connectivity index (χ1n) is 7.45. The van der Waals surface area contributed by atoms with Crippen molar-refractivity contribution in [2.45, 2.75) is 6.92 Å². The van der Waals surface area contributed by atoms with Crippen molar-refractivity contribution in [1.82, 2.24) is 30.4 Å². The van der Waals surface area contributed by atoms with E-state index in [9.17, 15) is 4.79 Å². The Morgan fingerprint density at radius 2 is 2.20 bits per heavy atom. The molecule has 0 aliphatic heterocycles. The second kappa shape index (κ2) is 6.04. The van der Waals surface area contributed by atoms with Crippen LogP contribution in [0.3, 0.4) is 0 Å². The van der Waals surface area contributed by atoms with Crippen molar-refractivity contribution in [3.8, 4) is 17.1 Å². The third-order valence-electron chi connectivity index (χ3n) is 3.66. The molecule has 0 unspecified atom stereocenters. The van der Waals surface area contributed by atoms with Gasteiger partial charge in [-0.2, -0.15) is 5.10 Å². The summed E-state index contributed by atoms with van der Waals surface area (Å²) in [4.78, 5) is 12.4. The number of H-pyrrole nitrogens is 1. The largest absolute Gasteiger partial charge is 0.463 e. The van der Waals surface area contributed by atoms with Crippen molar-refractivity contribution in [3.05, 3.63) is 60.2 Å². The van der Waals surface area contributed by atoms with Gasteiger partial charge in [-0.25, -0.2) is 4.68 Å². The van der Waals surface area contributed by atoms with Crippen LogP contribution >= 0.6 is 0 Å². The number of anilines is 1. The molecular weight excluding hydrogens is 322 g/mol. The number of aromatic nitrogens is 6. The lowest BCUT2D eigenvalue weighted by molar-refractivity contribution is 0.102. The van der Waals surface area contributed by atoms with Gasteiger partial charge >= 0.3 is 0 Å². The Balaban J connectivity index is 1.56. The summed E-state index contributed by atoms with van der Waals surface area (Å²) in [6, 6.07) is 10.7. The highest BCUT2D eigenvalue weighted by Gasteiger charge is 2.14. The first kappa shape index (κ1) is 14.8. The number of amides is 1. The van der Waals surface area contributed by atoms with Gasteiger partial charge < -0.3 is 9.73 Å². The maximum absolute atomic E-state index is 12.4. The van der Waals surface area contributed by atoms with Crippen LogP contribution in [0.5, 0.6) is 0 Å². The SMILES string of the molecule is Cc1ccc(NC(=O)c2cc(-c3ccco3)[nH]n2)cc1-n1cnnn1. The van der Waals surface area contributed by atoms with Gasteiger partial charge in [0, 0.05) is 11.8 Å². The van der Waals surface area contributed by atoms with Gasteiger partial charge in [0.25, 0.3) is 5.91 Å². The van der Waals surface area contributed by atoms with Crippen LogP contribution in [0.4, 0.5) is 5.69 Å². The summed E-state index contributed by atoms with van der Waals surface area (Å²) in [5.74, 6) is 0.281. The monoisotopic (exact) mass is 335 g/mol. The van der Waals surface area contributed by atoms with Crippen LogP contribution in [-0.2, 0) is 0 Å². The van der Waals surface area contributed by atoms with Gasteiger partial charge in [0.2, 0.25) is 0 Å². The number of rotatable bonds is 4. The van der Waals surface area contributed by atoms with E-state index in [4.69, 9.17) is 4.42 Å². The number of nitrogens with one attached hydrogen (secondary N) is 2. The topological polar surface area (TPSA) is 115 Å². The zero-order valence-electron chi connectivity index (χ0n) is 13.2. The molecular formula is C16H13N7O2. The Kier molecular flexibility index (Phi) is 3.58. The molecule has 0 fully saturated rings. The van der Waals surface area contributed by atoms with Gasteiger partial charge in [-0.3, -0.25) is 9.89 Å². The third-order valence-corrected chi connectivity index (χ3v) is 3.66. The lowest BCUT2D eigenvalue weighted by atomic mass is 10.2. The number of tetrazole rings is 1. The van der Waals surface area contributed by atoms with Crippen LogP contribution < -0.4 is 5.32 Å². The molecule has 1 amide bonds. The fourth-order valence-electron chi connectivity index (χ4n) is 2.40. The Morgan fingerprint density at radius 1 is 1.28 bits per heavy atom. The number of hydrogen-bond donors (Lipinski definition) is 2. The van der Waals surface area contributed by atoms with E-state index in [1.165, 1.54) is 11.0 Å². The van der Waals surface area contributed by atoms with Crippen LogP contribution in [0, 0.1) is 6.92 Å². The van der Waals surface area contributed by atoms with Crippen LogP contribution in [0.25, 0.3) is 17.1 Å². The van der Waals surface area contributed by atoms with Crippen molar-refractivity contribution >= 4 is 11.6 Å². The number of carbonyl (C=O) groups excluding carboxylic acids is 1. The molecule has 2 N–H and O–H groups in total. The average molecular weight is 335 g/mol. The molecule has 3 heterocycles. The van der Waals surface area contributed by atoms with Gasteiger partial charge in [-0.05, 0) is 47.2 Å². The molecule has 4 rings (SSSR count). The highest BCUT2D eigenvalue weighted by molar-refractivity contribution is 6.03. The fourth-order valence-corrected chi connectivity index (χ4v) is 2.40. The average Bonchev–Trinajstić information content (AvgIpc) is 3.37. The number of benzene rings is 1. The molecule has 9 heteroatoms. The van der Waals surface area contributed by atoms with E-state index in [1.807, 2.05) is 13.0 Å². The molecule has 9 nitrogen and oxygen atoms in total. The highest BCUT2D eigenvalue weighted by atomic mass is 16.3. The van der Waals surface area contributed by atoms with E-state index >= 15 is 0 Å². The van der Waals surface area contributed by atoms with Crippen molar-refractivity contribution in [1.29, 1.82) is 0 Å². The summed E-state index contributed by atoms with van der Waals surface area (Å²) in [5.41, 5.74) is 3.26. The van der Waals surface area contributed by atoms with E-state index in [0.29, 0.717) is 17.1 Å². The molecule has 0 aliphatic rings. The number of hydrogen-bond acceptors (Lipinski definition) is 6. The first-order valence-corrected chi connectivity index (χ1v) is 7.45. The van der Waals surface area contributed by atoms with Crippen LogP contribution in [-0.4, -0.2) is 36.3 Å². The van der Waals surface area contributed by atoms with E-state index in [-0.39, 0.29) is 11.6 Å². The van der Waals surface area contributed by atoms with Crippen molar-refractivity contribution in [2.75, 3.05) is 5.32 Å². The first-order chi connectivity index (χ1) is 12.2. The maximum atomic E-state index is 12.4. The normalized spacial score (nSPS) is 10.8. The van der Waals surface area contributed by atoms with Crippen molar-refractivity contribution in [2.24, 2.45) is 0 Å². The van der Waals surface area contributed by atoms with Crippen LogP contribution in [0.1, 0.15) is 16.1 Å². The van der Waals surface area contributed by atoms with Gasteiger partial charge in [0.05, 0.1) is 12.0 Å². The predicted octanol–water partition coefficient (Wildman–Crippen LogP) is 2.21. The predicted molar refractivity (Wildman–Crippen MR) is 88.1 cm³/mol. The molecule has 0 spiro atoms. The Hall–Kier alpha value is -3.75. The standard InChI is InChI=1S/C16H13N7O2/c1-10-4-5-11(7-14(10)23-9-17-21-22-23)18-16(24)13-8-12(19-20-13)15-3-2-6-25-15/h2-9H,1H3,(H,18,24)(H,19,20). The summed E-state index contributed by atoms with van der Waals surface area (Å²) in [6.45, 7) is 1.94. The van der Waals surface area contributed by atoms with Crippen molar-refractivity contribution < 1.29 is 9.21 Å². The molecule has 124 valence electrons. The second-order valence-corrected chi connectivity index (χ2v) is 5.35. The minimum atomic E-state index is -0.333. The summed E-state index contributed by atoms with van der Waals surface area (Å²) in [7, 11) is 0. The number of aryl methyl sites for hydroxylation is 1. The fraction of sp³-hybridized carbons (Fsp3) is 0.0625. The lowest BCUT2D eigenvalue weighted by Crippen LogP contribution is -2.13. The molecule has 25 heavy (non-hydrogen) atoms. The van der Waals surface area contributed by atoms with Crippen LogP contribution in [0.2, 0.25) is 0 Å². The Labute approximate surface area is 141 Å². The molecule has 4 aromatic rings. The number of nitrogens with zero attached hydrogens (tertiary/aromatic N) is 5. The van der Waals surface area contributed by atoms with E-state index in [1.54, 1.807) is 36.6 Å². The molecule has 0 saturated heterocycles. The minimum absolute atomic E-state index is 0.260. The number of aromatic amines is 1. The smallest absolute Gasteiger partial charge is 0.276 e. The minimum Gasteiger partial charge on any atom is -0.463 e. The summed E-state index contributed by atoms with van der Waals surface area (Å²) in [6.07, 6.45) is 3.06. The molecule has 1 aromatic carbocycles. The molecule has 3 aromatic heterocycles. The lowest BCUT2D eigenvalue weighted by Gasteiger charge is -2.08. The summed E-state index contributed by atoms with van der Waals surface area (Å²) >= 11 is 0. The quantitative estimate of drug-likeness (QED) is 0.591. The van der Waals surface area contributed by atoms with E-state index in [2.05, 4.69) is 31.0 Å². The number of furan rings is 1. The van der Waals surface area contributed by atoms with Gasteiger partial charge in [0.1, 0.15) is 12.0 Å². The third kappa shape index (κ3) is 2.90. The van der Waals surface area contributed by atoms with E-state index < -0.39 is 0 Å². The highest BCUT2D eigenvalue weighted by Crippen LogP contribution is 2.20. The molecule has 0 radical (unpaired) electrons.